The maximum Gasteiger partial charge on any atom is 0.212 e. The molecule has 0 aliphatic rings. The molecule has 0 unspecified atom stereocenters. The summed E-state index contributed by atoms with van der Waals surface area (Å²) >= 11 is 1.97. The van der Waals surface area contributed by atoms with Crippen molar-refractivity contribution in [1.29, 1.82) is 0 Å². The van der Waals surface area contributed by atoms with Crippen LogP contribution in [0.1, 0.15) is 29.4 Å². The predicted molar refractivity (Wildman–Crippen MR) is 75.1 cm³/mol. The quantitative estimate of drug-likeness (QED) is 0.621. The van der Waals surface area contributed by atoms with Crippen LogP contribution in [0.3, 0.4) is 0 Å². The Bertz CT molecular complexity index is 580. The molecule has 0 fully saturated rings. The Morgan fingerprint density at radius 1 is 1.44 bits per heavy atom. The largest absolute Gasteiger partial charge is 0.287 e. The molecule has 0 radical (unpaired) electrons. The highest BCUT2D eigenvalue weighted by Gasteiger charge is 2.16. The van der Waals surface area contributed by atoms with Gasteiger partial charge in [-0.2, -0.15) is 5.10 Å². The molecule has 0 aliphatic carbocycles. The molecule has 2 rings (SSSR count). The smallest absolute Gasteiger partial charge is 0.212 e. The van der Waals surface area contributed by atoms with Gasteiger partial charge < -0.3 is 0 Å². The Hall–Kier alpha value is -1.24. The third-order valence-corrected chi connectivity index (χ3v) is 3.45. The van der Waals surface area contributed by atoms with Gasteiger partial charge in [0.25, 0.3) is 0 Å². The van der Waals surface area contributed by atoms with E-state index in [0.29, 0.717) is 21.4 Å². The third-order valence-electron chi connectivity index (χ3n) is 2.56. The number of carbonyl (C=O) groups excluding carboxylic acids is 1. The lowest BCUT2D eigenvalue weighted by Crippen LogP contribution is -2.12. The fraction of sp³-hybridized carbons (Fsp3) is 0.231. The van der Waals surface area contributed by atoms with Crippen molar-refractivity contribution in [3.8, 4) is 0 Å². The van der Waals surface area contributed by atoms with Crippen LogP contribution in [-0.2, 0) is 6.54 Å². The van der Waals surface area contributed by atoms with E-state index < -0.39 is 0 Å². The van der Waals surface area contributed by atoms with E-state index in [1.165, 1.54) is 18.2 Å². The lowest BCUT2D eigenvalue weighted by molar-refractivity contribution is 0.102. The Morgan fingerprint density at radius 2 is 2.22 bits per heavy atom. The number of hydrogen-bond acceptors (Lipinski definition) is 2. The molecule has 0 saturated carbocycles. The molecule has 94 valence electrons. The van der Waals surface area contributed by atoms with Crippen LogP contribution in [0.5, 0.6) is 0 Å². The molecule has 3 nitrogen and oxygen atoms in total. The van der Waals surface area contributed by atoms with Crippen molar-refractivity contribution in [2.45, 2.75) is 19.9 Å². The molecule has 0 atom stereocenters. The second kappa shape index (κ2) is 5.60. The van der Waals surface area contributed by atoms with Crippen molar-refractivity contribution < 1.29 is 9.18 Å². The molecule has 0 amide bonds. The maximum atomic E-state index is 13.0. The van der Waals surface area contributed by atoms with E-state index in [1.807, 2.05) is 29.5 Å². The van der Waals surface area contributed by atoms with Crippen LogP contribution >= 0.6 is 22.6 Å². The Labute approximate surface area is 118 Å². The first-order valence-electron chi connectivity index (χ1n) is 5.65. The van der Waals surface area contributed by atoms with Gasteiger partial charge in [0.2, 0.25) is 5.78 Å². The molecule has 1 aromatic heterocycles. The summed E-state index contributed by atoms with van der Waals surface area (Å²) in [5, 5.41) is 4.12. The summed E-state index contributed by atoms with van der Waals surface area (Å²) < 4.78 is 15.3. The molecule has 5 heteroatoms. The minimum atomic E-state index is -0.335. The number of ketones is 1. The Morgan fingerprint density at radius 3 is 2.89 bits per heavy atom. The first-order chi connectivity index (χ1) is 8.63. The van der Waals surface area contributed by atoms with Gasteiger partial charge in [0.1, 0.15) is 11.5 Å². The number of nitrogens with zero attached hydrogens (tertiary/aromatic N) is 2. The normalized spacial score (nSPS) is 10.6. The highest BCUT2D eigenvalue weighted by molar-refractivity contribution is 14.1. The van der Waals surface area contributed by atoms with Gasteiger partial charge in [0.15, 0.2) is 0 Å². The molecule has 1 heterocycles. The van der Waals surface area contributed by atoms with E-state index in [1.54, 1.807) is 16.9 Å². The highest BCUT2D eigenvalue weighted by atomic mass is 127. The van der Waals surface area contributed by atoms with E-state index in [0.717, 1.165) is 6.42 Å². The fourth-order valence-corrected chi connectivity index (χ4v) is 2.45. The summed E-state index contributed by atoms with van der Waals surface area (Å²) in [6, 6.07) is 5.87. The van der Waals surface area contributed by atoms with Gasteiger partial charge in [-0.25, -0.2) is 4.39 Å². The summed E-state index contributed by atoms with van der Waals surface area (Å²) in [7, 11) is 0. The number of rotatable bonds is 4. The Kier molecular flexibility index (Phi) is 4.11. The van der Waals surface area contributed by atoms with Crippen LogP contribution < -0.4 is 0 Å². The Balaban J connectivity index is 2.38. The van der Waals surface area contributed by atoms with Gasteiger partial charge in [0, 0.05) is 21.9 Å². The maximum absolute atomic E-state index is 13.0. The van der Waals surface area contributed by atoms with Crippen molar-refractivity contribution in [2.24, 2.45) is 0 Å². The lowest BCUT2D eigenvalue weighted by Gasteiger charge is -2.06. The van der Waals surface area contributed by atoms with Crippen LogP contribution in [0, 0.1) is 9.39 Å². The van der Waals surface area contributed by atoms with Crippen LogP contribution in [-0.4, -0.2) is 15.6 Å². The van der Waals surface area contributed by atoms with E-state index in [9.17, 15) is 9.18 Å². The number of aromatic nitrogens is 2. The molecule has 2 aromatic rings. The third kappa shape index (κ3) is 2.60. The predicted octanol–water partition coefficient (Wildman–Crippen LogP) is 3.27. The van der Waals surface area contributed by atoms with Crippen LogP contribution in [0.2, 0.25) is 0 Å². The molecule has 0 N–H and O–H groups in total. The summed E-state index contributed by atoms with van der Waals surface area (Å²) in [6.45, 7) is 2.73. The van der Waals surface area contributed by atoms with Gasteiger partial charge in [-0.05, 0) is 53.3 Å². The molecular formula is C13H12FIN2O. The first-order valence-corrected chi connectivity index (χ1v) is 6.73. The van der Waals surface area contributed by atoms with Crippen molar-refractivity contribution in [3.05, 3.63) is 51.1 Å². The molecular weight excluding hydrogens is 346 g/mol. The van der Waals surface area contributed by atoms with Gasteiger partial charge in [-0.15, -0.1) is 0 Å². The molecule has 18 heavy (non-hydrogen) atoms. The number of halogens is 2. The van der Waals surface area contributed by atoms with Crippen LogP contribution in [0.25, 0.3) is 0 Å². The van der Waals surface area contributed by atoms with Gasteiger partial charge in [-0.3, -0.25) is 9.48 Å². The van der Waals surface area contributed by atoms with Gasteiger partial charge in [0.05, 0.1) is 0 Å². The molecule has 0 bridgehead atoms. The van der Waals surface area contributed by atoms with Crippen molar-refractivity contribution in [3.63, 3.8) is 0 Å². The summed E-state index contributed by atoms with van der Waals surface area (Å²) in [6.07, 6.45) is 2.52. The first kappa shape index (κ1) is 13.2. The minimum Gasteiger partial charge on any atom is -0.287 e. The monoisotopic (exact) mass is 358 g/mol. The van der Waals surface area contributed by atoms with Crippen molar-refractivity contribution >= 4 is 28.4 Å². The summed E-state index contributed by atoms with van der Waals surface area (Å²) in [4.78, 5) is 12.3. The van der Waals surface area contributed by atoms with Crippen molar-refractivity contribution in [1.82, 2.24) is 9.78 Å². The SMILES string of the molecule is CCCn1nccc1C(=O)c1ccc(F)cc1I. The van der Waals surface area contributed by atoms with Gasteiger partial charge in [-0.1, -0.05) is 6.92 Å². The highest BCUT2D eigenvalue weighted by Crippen LogP contribution is 2.18. The average molecular weight is 358 g/mol. The number of carbonyl (C=O) groups is 1. The van der Waals surface area contributed by atoms with Crippen molar-refractivity contribution in [2.75, 3.05) is 0 Å². The van der Waals surface area contributed by atoms with Crippen LogP contribution in [0.15, 0.2) is 30.5 Å². The molecule has 0 saturated heterocycles. The van der Waals surface area contributed by atoms with E-state index in [2.05, 4.69) is 5.10 Å². The van der Waals surface area contributed by atoms with E-state index >= 15 is 0 Å². The topological polar surface area (TPSA) is 34.9 Å². The van der Waals surface area contributed by atoms with Crippen LogP contribution in [0.4, 0.5) is 4.39 Å². The molecule has 0 spiro atoms. The average Bonchev–Trinajstić information content (AvgIpc) is 2.77. The molecule has 0 aliphatic heterocycles. The fourth-order valence-electron chi connectivity index (χ4n) is 1.73. The number of aryl methyl sites for hydroxylation is 1. The standard InChI is InChI=1S/C13H12FIN2O/c1-2-7-17-12(5-6-16-17)13(18)10-4-3-9(14)8-11(10)15/h3-6,8H,2,7H2,1H3. The number of hydrogen-bond donors (Lipinski definition) is 0. The van der Waals surface area contributed by atoms with E-state index in [4.69, 9.17) is 0 Å². The summed E-state index contributed by atoms with van der Waals surface area (Å²) in [5.74, 6) is -0.455. The summed E-state index contributed by atoms with van der Waals surface area (Å²) in [5.41, 5.74) is 1.05. The zero-order valence-corrected chi connectivity index (χ0v) is 12.0. The zero-order chi connectivity index (χ0) is 13.1. The van der Waals surface area contributed by atoms with Gasteiger partial charge >= 0.3 is 0 Å². The van der Waals surface area contributed by atoms with E-state index in [-0.39, 0.29) is 11.6 Å². The minimum absolute atomic E-state index is 0.120. The number of benzene rings is 1. The second-order valence-corrected chi connectivity index (χ2v) is 5.06. The lowest BCUT2D eigenvalue weighted by atomic mass is 10.1. The molecule has 1 aromatic carbocycles. The zero-order valence-electron chi connectivity index (χ0n) is 9.86. The second-order valence-electron chi connectivity index (χ2n) is 3.89.